The van der Waals surface area contributed by atoms with E-state index in [0.29, 0.717) is 22.6 Å². The van der Waals surface area contributed by atoms with Gasteiger partial charge in [0, 0.05) is 23.3 Å². The van der Waals surface area contributed by atoms with Gasteiger partial charge in [-0.2, -0.15) is 5.10 Å². The second-order valence-corrected chi connectivity index (χ2v) is 5.89. The predicted octanol–water partition coefficient (Wildman–Crippen LogP) is 4.78. The van der Waals surface area contributed by atoms with Crippen molar-refractivity contribution in [3.8, 4) is 11.4 Å². The molecule has 0 atom stereocenters. The molecule has 2 heterocycles. The van der Waals surface area contributed by atoms with E-state index in [0.717, 1.165) is 16.6 Å². The fourth-order valence-corrected chi connectivity index (χ4v) is 2.68. The van der Waals surface area contributed by atoms with E-state index in [1.807, 2.05) is 13.0 Å². The Labute approximate surface area is 148 Å². The van der Waals surface area contributed by atoms with Crippen molar-refractivity contribution in [3.05, 3.63) is 77.2 Å². The van der Waals surface area contributed by atoms with E-state index in [1.165, 1.54) is 18.2 Å². The van der Waals surface area contributed by atoms with Crippen molar-refractivity contribution in [2.45, 2.75) is 6.92 Å². The van der Waals surface area contributed by atoms with Crippen molar-refractivity contribution in [3.63, 3.8) is 0 Å². The number of hydrogen-bond donors (Lipinski definition) is 1. The zero-order valence-electron chi connectivity index (χ0n) is 13.9. The highest BCUT2D eigenvalue weighted by atomic mass is 19.1. The molecule has 128 valence electrons. The Morgan fingerprint density at radius 3 is 2.58 bits per heavy atom. The molecule has 2 aromatic heterocycles. The van der Waals surface area contributed by atoms with Gasteiger partial charge in [0.15, 0.2) is 5.82 Å². The quantitative estimate of drug-likeness (QED) is 0.580. The maximum atomic E-state index is 14.5. The van der Waals surface area contributed by atoms with Gasteiger partial charge in [-0.25, -0.2) is 18.7 Å². The molecule has 0 aliphatic rings. The average Bonchev–Trinajstić information content (AvgIpc) is 3.02. The summed E-state index contributed by atoms with van der Waals surface area (Å²) in [4.78, 5) is 8.45. The van der Waals surface area contributed by atoms with Crippen LogP contribution in [0.25, 0.3) is 34.4 Å². The Morgan fingerprint density at radius 1 is 1.00 bits per heavy atom. The van der Waals surface area contributed by atoms with Gasteiger partial charge < -0.3 is 0 Å². The van der Waals surface area contributed by atoms with E-state index in [1.54, 1.807) is 36.5 Å². The van der Waals surface area contributed by atoms with Gasteiger partial charge in [0.25, 0.3) is 0 Å². The van der Waals surface area contributed by atoms with Gasteiger partial charge in [-0.15, -0.1) is 0 Å². The molecule has 0 radical (unpaired) electrons. The van der Waals surface area contributed by atoms with Gasteiger partial charge in [-0.05, 0) is 42.8 Å². The van der Waals surface area contributed by atoms with Gasteiger partial charge in [0.1, 0.15) is 11.6 Å². The molecule has 4 nitrogen and oxygen atoms in total. The van der Waals surface area contributed by atoms with Crippen LogP contribution in [0.15, 0.2) is 48.7 Å². The standard InChI is InChI=1S/C20H14F2N4/c1-12-8-9-23-20(24-12)15-10-16-18(25-26-19(16)11-17(15)22)7-4-13-2-5-14(21)6-3-13/h2-11H,1H3,(H,25,26)/b7-4+. The van der Waals surface area contributed by atoms with Crippen LogP contribution >= 0.6 is 0 Å². The molecule has 6 heteroatoms. The molecule has 0 bridgehead atoms. The number of aryl methyl sites for hydroxylation is 1. The SMILES string of the molecule is Cc1ccnc(-c2cc3c(/C=C/c4ccc(F)cc4)n[nH]c3cc2F)n1. The van der Waals surface area contributed by atoms with Crippen LogP contribution in [0.3, 0.4) is 0 Å². The van der Waals surface area contributed by atoms with Crippen molar-refractivity contribution >= 4 is 23.1 Å². The van der Waals surface area contributed by atoms with Crippen LogP contribution in [-0.2, 0) is 0 Å². The largest absolute Gasteiger partial charge is 0.277 e. The smallest absolute Gasteiger partial charge is 0.162 e. The highest BCUT2D eigenvalue weighted by molar-refractivity contribution is 5.92. The fourth-order valence-electron chi connectivity index (χ4n) is 2.68. The number of hydrogen-bond acceptors (Lipinski definition) is 3. The number of rotatable bonds is 3. The minimum absolute atomic E-state index is 0.286. The van der Waals surface area contributed by atoms with Gasteiger partial charge in [0.05, 0.1) is 16.8 Å². The summed E-state index contributed by atoms with van der Waals surface area (Å²) in [7, 11) is 0. The first-order valence-electron chi connectivity index (χ1n) is 8.01. The molecule has 26 heavy (non-hydrogen) atoms. The Bertz CT molecular complexity index is 1110. The minimum atomic E-state index is -0.416. The van der Waals surface area contributed by atoms with Crippen LogP contribution in [-0.4, -0.2) is 20.2 Å². The number of halogens is 2. The van der Waals surface area contributed by atoms with Crippen LogP contribution < -0.4 is 0 Å². The third-order valence-electron chi connectivity index (χ3n) is 4.02. The summed E-state index contributed by atoms with van der Waals surface area (Å²) < 4.78 is 27.4. The molecule has 0 saturated carbocycles. The normalized spacial score (nSPS) is 11.5. The third kappa shape index (κ3) is 3.09. The molecular formula is C20H14F2N4. The topological polar surface area (TPSA) is 54.5 Å². The number of aromatic amines is 1. The molecule has 0 unspecified atom stereocenters. The Balaban J connectivity index is 1.77. The van der Waals surface area contributed by atoms with E-state index < -0.39 is 5.82 Å². The first-order chi connectivity index (χ1) is 12.6. The Morgan fingerprint density at radius 2 is 1.81 bits per heavy atom. The zero-order chi connectivity index (χ0) is 18.1. The highest BCUT2D eigenvalue weighted by Gasteiger charge is 2.13. The van der Waals surface area contributed by atoms with Crippen LogP contribution in [0.5, 0.6) is 0 Å². The summed E-state index contributed by atoms with van der Waals surface area (Å²) in [6.45, 7) is 1.83. The predicted molar refractivity (Wildman–Crippen MR) is 97.1 cm³/mol. The molecule has 2 aromatic carbocycles. The minimum Gasteiger partial charge on any atom is -0.277 e. The lowest BCUT2D eigenvalue weighted by Crippen LogP contribution is -1.93. The lowest BCUT2D eigenvalue weighted by molar-refractivity contribution is 0.627. The summed E-state index contributed by atoms with van der Waals surface area (Å²) in [6, 6.07) is 11.0. The lowest BCUT2D eigenvalue weighted by atomic mass is 10.1. The highest BCUT2D eigenvalue weighted by Crippen LogP contribution is 2.27. The van der Waals surface area contributed by atoms with E-state index in [4.69, 9.17) is 0 Å². The van der Waals surface area contributed by atoms with Crippen molar-refractivity contribution in [2.24, 2.45) is 0 Å². The third-order valence-corrected chi connectivity index (χ3v) is 4.02. The van der Waals surface area contributed by atoms with Gasteiger partial charge >= 0.3 is 0 Å². The Kier molecular flexibility index (Phi) is 4.01. The van der Waals surface area contributed by atoms with Gasteiger partial charge in [0.2, 0.25) is 0 Å². The summed E-state index contributed by atoms with van der Waals surface area (Å²) in [5.74, 6) is -0.370. The zero-order valence-corrected chi connectivity index (χ0v) is 13.9. The van der Waals surface area contributed by atoms with Crippen molar-refractivity contribution in [1.29, 1.82) is 0 Å². The molecule has 1 N–H and O–H groups in total. The van der Waals surface area contributed by atoms with E-state index in [-0.39, 0.29) is 5.82 Å². The summed E-state index contributed by atoms with van der Waals surface area (Å²) >= 11 is 0. The number of nitrogens with one attached hydrogen (secondary N) is 1. The second-order valence-electron chi connectivity index (χ2n) is 5.89. The first kappa shape index (κ1) is 16.1. The molecule has 4 aromatic rings. The molecule has 0 spiro atoms. The first-order valence-corrected chi connectivity index (χ1v) is 8.01. The molecule has 0 aliphatic carbocycles. The summed E-state index contributed by atoms with van der Waals surface area (Å²) in [6.07, 6.45) is 5.22. The maximum Gasteiger partial charge on any atom is 0.162 e. The number of benzene rings is 2. The van der Waals surface area contributed by atoms with Crippen molar-refractivity contribution in [2.75, 3.05) is 0 Å². The van der Waals surface area contributed by atoms with E-state index in [9.17, 15) is 8.78 Å². The lowest BCUT2D eigenvalue weighted by Gasteiger charge is -2.03. The molecule has 0 saturated heterocycles. The molecule has 0 fully saturated rings. The second kappa shape index (κ2) is 6.48. The molecule has 0 aliphatic heterocycles. The van der Waals surface area contributed by atoms with Crippen molar-refractivity contribution in [1.82, 2.24) is 20.2 Å². The Hall–Kier alpha value is -3.41. The monoisotopic (exact) mass is 348 g/mol. The van der Waals surface area contributed by atoms with E-state index >= 15 is 0 Å². The molecular weight excluding hydrogens is 334 g/mol. The van der Waals surface area contributed by atoms with Crippen LogP contribution in [0.4, 0.5) is 8.78 Å². The number of fused-ring (bicyclic) bond motifs is 1. The number of aromatic nitrogens is 4. The molecule has 4 rings (SSSR count). The van der Waals surface area contributed by atoms with Crippen LogP contribution in [0.1, 0.15) is 17.0 Å². The fraction of sp³-hybridized carbons (Fsp3) is 0.0500. The van der Waals surface area contributed by atoms with Gasteiger partial charge in [-0.1, -0.05) is 18.2 Å². The van der Waals surface area contributed by atoms with Crippen LogP contribution in [0, 0.1) is 18.6 Å². The number of H-pyrrole nitrogens is 1. The number of nitrogens with zero attached hydrogens (tertiary/aromatic N) is 3. The van der Waals surface area contributed by atoms with Crippen molar-refractivity contribution < 1.29 is 8.78 Å². The summed E-state index contributed by atoms with van der Waals surface area (Å²) in [5, 5.41) is 7.80. The van der Waals surface area contributed by atoms with Gasteiger partial charge in [-0.3, -0.25) is 5.10 Å². The average molecular weight is 348 g/mol. The van der Waals surface area contributed by atoms with E-state index in [2.05, 4.69) is 20.2 Å². The van der Waals surface area contributed by atoms with Crippen LogP contribution in [0.2, 0.25) is 0 Å². The maximum absolute atomic E-state index is 14.5. The summed E-state index contributed by atoms with van der Waals surface area (Å²) in [5.41, 5.74) is 3.15. The molecule has 0 amide bonds.